The molecule has 4 heteroatoms. The largest absolute Gasteiger partial charge is 0.425 e. The Morgan fingerprint density at radius 3 is 2.00 bits per heavy atom. The molecule has 0 aliphatic carbocycles. The lowest BCUT2D eigenvalue weighted by Gasteiger charge is -2.15. The molecular weight excluding hydrogens is 184 g/mol. The average Bonchev–Trinajstić information content (AvgIpc) is 2.03. The van der Waals surface area contributed by atoms with Crippen LogP contribution in [0, 0.1) is 5.92 Å². The van der Waals surface area contributed by atoms with Gasteiger partial charge in [0.05, 0.1) is 5.92 Å². The van der Waals surface area contributed by atoms with E-state index in [0.29, 0.717) is 0 Å². The van der Waals surface area contributed by atoms with E-state index in [-0.39, 0.29) is 11.5 Å². The van der Waals surface area contributed by atoms with Gasteiger partial charge in [0.25, 0.3) is 0 Å². The summed E-state index contributed by atoms with van der Waals surface area (Å²) in [6, 6.07) is 0. The molecule has 14 heavy (non-hydrogen) atoms. The maximum atomic E-state index is 11.1. The summed E-state index contributed by atoms with van der Waals surface area (Å²) in [4.78, 5) is 22.1. The molecule has 0 spiro atoms. The molecule has 80 valence electrons. The molecule has 0 aliphatic rings. The first-order valence-electron chi connectivity index (χ1n) is 4.41. The van der Waals surface area contributed by atoms with Crippen molar-refractivity contribution in [2.24, 2.45) is 5.92 Å². The van der Waals surface area contributed by atoms with E-state index in [1.54, 1.807) is 13.8 Å². The monoisotopic (exact) mass is 200 g/mol. The van der Waals surface area contributed by atoms with E-state index in [9.17, 15) is 9.59 Å². The molecule has 0 saturated carbocycles. The minimum absolute atomic E-state index is 0.235. The predicted molar refractivity (Wildman–Crippen MR) is 51.3 cm³/mol. The summed E-state index contributed by atoms with van der Waals surface area (Å²) in [6.45, 7) is 9.83. The Kier molecular flexibility index (Phi) is 4.91. The van der Waals surface area contributed by atoms with Crippen LogP contribution < -0.4 is 0 Å². The number of esters is 2. The lowest BCUT2D eigenvalue weighted by Crippen LogP contribution is -2.24. The first-order valence-corrected chi connectivity index (χ1v) is 4.41. The SMILES string of the molecule is C=C(C)C(=O)OC(C)OC(=O)C(C)C. The van der Waals surface area contributed by atoms with Gasteiger partial charge in [-0.05, 0) is 6.92 Å². The summed E-state index contributed by atoms with van der Waals surface area (Å²) in [7, 11) is 0. The van der Waals surface area contributed by atoms with Crippen LogP contribution in [0.1, 0.15) is 27.7 Å². The summed E-state index contributed by atoms with van der Waals surface area (Å²) >= 11 is 0. The van der Waals surface area contributed by atoms with Crippen molar-refractivity contribution in [3.8, 4) is 0 Å². The van der Waals surface area contributed by atoms with Gasteiger partial charge in [-0.3, -0.25) is 4.79 Å². The first-order chi connectivity index (χ1) is 6.34. The molecule has 1 unspecified atom stereocenters. The van der Waals surface area contributed by atoms with Gasteiger partial charge in [-0.1, -0.05) is 20.4 Å². The molecule has 1 atom stereocenters. The molecule has 0 amide bonds. The highest BCUT2D eigenvalue weighted by atomic mass is 16.7. The second-order valence-electron chi connectivity index (χ2n) is 3.34. The zero-order valence-electron chi connectivity index (χ0n) is 8.99. The summed E-state index contributed by atoms with van der Waals surface area (Å²) in [5, 5.41) is 0. The number of hydrogen-bond donors (Lipinski definition) is 0. The van der Waals surface area contributed by atoms with Crippen molar-refractivity contribution < 1.29 is 19.1 Å². The molecule has 0 saturated heterocycles. The molecule has 0 aromatic rings. The van der Waals surface area contributed by atoms with Crippen molar-refractivity contribution in [2.75, 3.05) is 0 Å². The number of carbonyl (C=O) groups excluding carboxylic acids is 2. The molecule has 0 aliphatic heterocycles. The van der Waals surface area contributed by atoms with Crippen molar-refractivity contribution >= 4 is 11.9 Å². The minimum atomic E-state index is -0.867. The van der Waals surface area contributed by atoms with E-state index in [1.807, 2.05) is 0 Å². The average molecular weight is 200 g/mol. The fourth-order valence-electron chi connectivity index (χ4n) is 0.575. The summed E-state index contributed by atoms with van der Waals surface area (Å²) < 4.78 is 9.56. The first kappa shape index (κ1) is 12.7. The zero-order valence-corrected chi connectivity index (χ0v) is 8.99. The number of ether oxygens (including phenoxy) is 2. The Labute approximate surface area is 83.9 Å². The standard InChI is InChI=1S/C10H16O4/c1-6(2)9(11)13-8(5)14-10(12)7(3)4/h7-8H,1H2,2-5H3. The van der Waals surface area contributed by atoms with Gasteiger partial charge in [0.1, 0.15) is 0 Å². The van der Waals surface area contributed by atoms with E-state index >= 15 is 0 Å². The highest BCUT2D eigenvalue weighted by Gasteiger charge is 2.16. The molecule has 0 fully saturated rings. The lowest BCUT2D eigenvalue weighted by molar-refractivity contribution is -0.184. The van der Waals surface area contributed by atoms with Crippen LogP contribution in [0.2, 0.25) is 0 Å². The maximum Gasteiger partial charge on any atom is 0.336 e. The third-order valence-corrected chi connectivity index (χ3v) is 1.37. The molecule has 0 N–H and O–H groups in total. The topological polar surface area (TPSA) is 52.6 Å². The Morgan fingerprint density at radius 1 is 1.14 bits per heavy atom. The summed E-state index contributed by atoms with van der Waals surface area (Å²) in [6.07, 6.45) is -0.867. The van der Waals surface area contributed by atoms with Crippen molar-refractivity contribution in [2.45, 2.75) is 34.0 Å². The van der Waals surface area contributed by atoms with Crippen molar-refractivity contribution in [1.29, 1.82) is 0 Å². The zero-order chi connectivity index (χ0) is 11.3. The minimum Gasteiger partial charge on any atom is -0.425 e. The van der Waals surface area contributed by atoms with Gasteiger partial charge < -0.3 is 9.47 Å². The van der Waals surface area contributed by atoms with E-state index in [2.05, 4.69) is 6.58 Å². The van der Waals surface area contributed by atoms with E-state index in [4.69, 9.17) is 9.47 Å². The van der Waals surface area contributed by atoms with Crippen LogP contribution in [-0.2, 0) is 19.1 Å². The molecule has 0 heterocycles. The van der Waals surface area contributed by atoms with Gasteiger partial charge in [0.2, 0.25) is 6.29 Å². The molecule has 0 bridgehead atoms. The van der Waals surface area contributed by atoms with Crippen LogP contribution in [-0.4, -0.2) is 18.2 Å². The Bertz CT molecular complexity index is 243. The second-order valence-corrected chi connectivity index (χ2v) is 3.34. The van der Waals surface area contributed by atoms with Gasteiger partial charge in [0.15, 0.2) is 0 Å². The third kappa shape index (κ3) is 4.64. The molecule has 0 rings (SSSR count). The van der Waals surface area contributed by atoms with E-state index < -0.39 is 18.2 Å². The molecule has 4 nitrogen and oxygen atoms in total. The Hall–Kier alpha value is -1.32. The quantitative estimate of drug-likeness (QED) is 0.393. The van der Waals surface area contributed by atoms with Crippen LogP contribution in [0.3, 0.4) is 0 Å². The predicted octanol–water partition coefficient (Wildman–Crippen LogP) is 1.65. The van der Waals surface area contributed by atoms with Crippen LogP contribution >= 0.6 is 0 Å². The fraction of sp³-hybridized carbons (Fsp3) is 0.600. The number of hydrogen-bond acceptors (Lipinski definition) is 4. The van der Waals surface area contributed by atoms with Gasteiger partial charge in [-0.2, -0.15) is 0 Å². The van der Waals surface area contributed by atoms with E-state index in [0.717, 1.165) is 0 Å². The lowest BCUT2D eigenvalue weighted by atomic mass is 10.2. The molecule has 0 radical (unpaired) electrons. The second kappa shape index (κ2) is 5.42. The van der Waals surface area contributed by atoms with Gasteiger partial charge >= 0.3 is 11.9 Å². The molecule has 0 aromatic carbocycles. The summed E-state index contributed by atoms with van der Waals surface area (Å²) in [5.74, 6) is -1.19. The Balaban J connectivity index is 3.99. The third-order valence-electron chi connectivity index (χ3n) is 1.37. The fourth-order valence-corrected chi connectivity index (χ4v) is 0.575. The van der Waals surface area contributed by atoms with Gasteiger partial charge in [0, 0.05) is 12.5 Å². The van der Waals surface area contributed by atoms with Crippen molar-refractivity contribution in [1.82, 2.24) is 0 Å². The van der Waals surface area contributed by atoms with Crippen LogP contribution in [0.25, 0.3) is 0 Å². The van der Waals surface area contributed by atoms with Gasteiger partial charge in [-0.25, -0.2) is 4.79 Å². The smallest absolute Gasteiger partial charge is 0.336 e. The number of rotatable bonds is 4. The van der Waals surface area contributed by atoms with Crippen molar-refractivity contribution in [3.63, 3.8) is 0 Å². The van der Waals surface area contributed by atoms with Gasteiger partial charge in [-0.15, -0.1) is 0 Å². The highest BCUT2D eigenvalue weighted by Crippen LogP contribution is 2.04. The highest BCUT2D eigenvalue weighted by molar-refractivity contribution is 5.87. The maximum absolute atomic E-state index is 11.1. The van der Waals surface area contributed by atoms with E-state index in [1.165, 1.54) is 13.8 Å². The van der Waals surface area contributed by atoms with Crippen LogP contribution in [0.15, 0.2) is 12.2 Å². The van der Waals surface area contributed by atoms with Crippen molar-refractivity contribution in [3.05, 3.63) is 12.2 Å². The van der Waals surface area contributed by atoms with Crippen LogP contribution in [0.5, 0.6) is 0 Å². The number of carbonyl (C=O) groups is 2. The molecule has 0 aromatic heterocycles. The van der Waals surface area contributed by atoms with Crippen LogP contribution in [0.4, 0.5) is 0 Å². The Morgan fingerprint density at radius 2 is 1.64 bits per heavy atom. The summed E-state index contributed by atoms with van der Waals surface area (Å²) in [5.41, 5.74) is 0.275. The molecular formula is C10H16O4. The normalized spacial score (nSPS) is 12.1.